The molecule has 0 N–H and O–H groups in total. The topological polar surface area (TPSA) is 78.9 Å². The molecule has 2 atom stereocenters. The van der Waals surface area contributed by atoms with Gasteiger partial charge in [0.15, 0.2) is 6.10 Å². The van der Waals surface area contributed by atoms with Gasteiger partial charge < -0.3 is 14.2 Å². The molecule has 0 saturated heterocycles. The largest absolute Gasteiger partial charge is 0.462 e. The second kappa shape index (κ2) is 41.6. The molecule has 6 heteroatoms. The predicted octanol–water partition coefficient (Wildman–Crippen LogP) is 15.6. The van der Waals surface area contributed by atoms with Crippen LogP contribution in [0, 0.1) is 17.8 Å². The first kappa shape index (κ1) is 54.4. The maximum Gasteiger partial charge on any atom is 0.306 e. The Bertz CT molecular complexity index is 870. The monoisotopic (exact) mass is 793 g/mol. The van der Waals surface area contributed by atoms with Gasteiger partial charge in [0.1, 0.15) is 13.2 Å². The first-order valence-electron chi connectivity index (χ1n) is 24.6. The van der Waals surface area contributed by atoms with Crippen LogP contribution in [0.4, 0.5) is 0 Å². The van der Waals surface area contributed by atoms with Crippen molar-refractivity contribution < 1.29 is 28.6 Å². The molecule has 0 aromatic heterocycles. The zero-order valence-electron chi connectivity index (χ0n) is 38.4. The van der Waals surface area contributed by atoms with Crippen molar-refractivity contribution >= 4 is 17.9 Å². The minimum absolute atomic E-state index is 0.0659. The van der Waals surface area contributed by atoms with Gasteiger partial charge in [-0.3, -0.25) is 14.4 Å². The molecular weight excluding hydrogens is 697 g/mol. The average molecular weight is 793 g/mol. The van der Waals surface area contributed by atoms with Gasteiger partial charge in [0, 0.05) is 19.3 Å². The van der Waals surface area contributed by atoms with Crippen LogP contribution in [-0.2, 0) is 28.6 Å². The molecule has 1 unspecified atom stereocenters. The van der Waals surface area contributed by atoms with Gasteiger partial charge in [-0.15, -0.1) is 0 Å². The quantitative estimate of drug-likeness (QED) is 0.0348. The Hall–Kier alpha value is -1.59. The van der Waals surface area contributed by atoms with E-state index in [2.05, 4.69) is 41.5 Å². The van der Waals surface area contributed by atoms with Crippen LogP contribution in [-0.4, -0.2) is 37.2 Å². The van der Waals surface area contributed by atoms with E-state index < -0.39 is 6.10 Å². The summed E-state index contributed by atoms with van der Waals surface area (Å²) in [7, 11) is 0. The fourth-order valence-electron chi connectivity index (χ4n) is 7.38. The number of hydrogen-bond donors (Lipinski definition) is 0. The number of ether oxygens (including phenoxy) is 3. The Labute approximate surface area is 348 Å². The van der Waals surface area contributed by atoms with Crippen LogP contribution in [0.25, 0.3) is 0 Å². The van der Waals surface area contributed by atoms with Gasteiger partial charge in [-0.2, -0.15) is 0 Å². The first-order valence-corrected chi connectivity index (χ1v) is 24.6. The third kappa shape index (κ3) is 42.0. The summed E-state index contributed by atoms with van der Waals surface area (Å²) in [6, 6.07) is 0. The Morgan fingerprint density at radius 1 is 0.357 bits per heavy atom. The molecule has 332 valence electrons. The van der Waals surface area contributed by atoms with Gasteiger partial charge in [0.05, 0.1) is 0 Å². The molecule has 0 rings (SSSR count). The third-order valence-electron chi connectivity index (χ3n) is 11.5. The Morgan fingerprint density at radius 3 is 0.929 bits per heavy atom. The summed E-state index contributed by atoms with van der Waals surface area (Å²) in [5, 5.41) is 0. The van der Waals surface area contributed by atoms with Gasteiger partial charge >= 0.3 is 17.9 Å². The zero-order valence-corrected chi connectivity index (χ0v) is 38.4. The maximum absolute atomic E-state index is 12.7. The third-order valence-corrected chi connectivity index (χ3v) is 11.5. The molecular formula is C50H96O6. The summed E-state index contributed by atoms with van der Waals surface area (Å²) < 4.78 is 16.8. The van der Waals surface area contributed by atoms with E-state index in [1.807, 2.05) is 0 Å². The average Bonchev–Trinajstić information content (AvgIpc) is 3.16. The predicted molar refractivity (Wildman–Crippen MR) is 238 cm³/mol. The van der Waals surface area contributed by atoms with Crippen LogP contribution >= 0.6 is 0 Å². The fraction of sp³-hybridized carbons (Fsp3) is 0.940. The highest BCUT2D eigenvalue weighted by molar-refractivity contribution is 5.71. The van der Waals surface area contributed by atoms with E-state index in [9.17, 15) is 14.4 Å². The van der Waals surface area contributed by atoms with Crippen molar-refractivity contribution in [2.24, 2.45) is 17.8 Å². The normalized spacial score (nSPS) is 12.6. The van der Waals surface area contributed by atoms with Crippen LogP contribution in [0.2, 0.25) is 0 Å². The number of esters is 3. The molecule has 0 spiro atoms. The van der Waals surface area contributed by atoms with Gasteiger partial charge in [0.2, 0.25) is 0 Å². The highest BCUT2D eigenvalue weighted by Crippen LogP contribution is 2.18. The number of unbranched alkanes of at least 4 members (excludes halogenated alkanes) is 25. The molecule has 6 nitrogen and oxygen atoms in total. The standard InChI is InChI=1S/C50H96O6/c1-7-46(6)38-32-26-22-23-28-34-40-49(52)55-43-47(56-50(53)41-35-29-21-17-13-15-19-25-31-37-45(4)5)42-54-48(51)39-33-27-20-16-12-10-8-9-11-14-18-24-30-36-44(2)3/h44-47H,7-43H2,1-6H3/t46?,47-/m0/s1. The Kier molecular flexibility index (Phi) is 40.4. The van der Waals surface area contributed by atoms with E-state index in [0.717, 1.165) is 75.5 Å². The van der Waals surface area contributed by atoms with Crippen LogP contribution in [0.5, 0.6) is 0 Å². The lowest BCUT2D eigenvalue weighted by Crippen LogP contribution is -2.30. The minimum atomic E-state index is -0.763. The van der Waals surface area contributed by atoms with Gasteiger partial charge in [-0.05, 0) is 37.0 Å². The van der Waals surface area contributed by atoms with Crippen LogP contribution in [0.1, 0.15) is 266 Å². The molecule has 0 aliphatic carbocycles. The summed E-state index contributed by atoms with van der Waals surface area (Å²) in [5.41, 5.74) is 0. The van der Waals surface area contributed by atoms with E-state index in [1.54, 1.807) is 0 Å². The van der Waals surface area contributed by atoms with Gasteiger partial charge in [0.25, 0.3) is 0 Å². The smallest absolute Gasteiger partial charge is 0.306 e. The van der Waals surface area contributed by atoms with Crippen LogP contribution in [0.3, 0.4) is 0 Å². The molecule has 0 heterocycles. The Balaban J connectivity index is 4.30. The molecule has 0 amide bonds. The highest BCUT2D eigenvalue weighted by atomic mass is 16.6. The lowest BCUT2D eigenvalue weighted by molar-refractivity contribution is -0.167. The number of carbonyl (C=O) groups is 3. The fourth-order valence-corrected chi connectivity index (χ4v) is 7.38. The molecule has 0 saturated carbocycles. The second-order valence-corrected chi connectivity index (χ2v) is 18.3. The molecule has 0 fully saturated rings. The summed E-state index contributed by atoms with van der Waals surface area (Å²) in [6.45, 7) is 13.7. The van der Waals surface area contributed by atoms with Crippen molar-refractivity contribution in [1.29, 1.82) is 0 Å². The van der Waals surface area contributed by atoms with Crippen molar-refractivity contribution in [1.82, 2.24) is 0 Å². The summed E-state index contributed by atoms with van der Waals surface area (Å²) in [5.74, 6) is 1.60. The lowest BCUT2D eigenvalue weighted by atomic mass is 10.00. The molecule has 0 aliphatic rings. The second-order valence-electron chi connectivity index (χ2n) is 18.3. The molecule has 0 bridgehead atoms. The van der Waals surface area contributed by atoms with Crippen molar-refractivity contribution in [3.8, 4) is 0 Å². The minimum Gasteiger partial charge on any atom is -0.462 e. The number of rotatable bonds is 43. The van der Waals surface area contributed by atoms with Crippen molar-refractivity contribution in [2.45, 2.75) is 272 Å². The van der Waals surface area contributed by atoms with Crippen molar-refractivity contribution in [3.63, 3.8) is 0 Å². The van der Waals surface area contributed by atoms with E-state index in [-0.39, 0.29) is 31.1 Å². The molecule has 0 radical (unpaired) electrons. The van der Waals surface area contributed by atoms with Crippen molar-refractivity contribution in [3.05, 3.63) is 0 Å². The van der Waals surface area contributed by atoms with Crippen molar-refractivity contribution in [2.75, 3.05) is 13.2 Å². The zero-order chi connectivity index (χ0) is 41.3. The van der Waals surface area contributed by atoms with Crippen LogP contribution in [0.15, 0.2) is 0 Å². The summed E-state index contributed by atoms with van der Waals surface area (Å²) in [4.78, 5) is 37.8. The summed E-state index contributed by atoms with van der Waals surface area (Å²) in [6.07, 6.45) is 39.5. The Morgan fingerprint density at radius 2 is 0.625 bits per heavy atom. The highest BCUT2D eigenvalue weighted by Gasteiger charge is 2.19. The van der Waals surface area contributed by atoms with E-state index >= 15 is 0 Å². The summed E-state index contributed by atoms with van der Waals surface area (Å²) >= 11 is 0. The molecule has 0 aliphatic heterocycles. The SMILES string of the molecule is CCC(C)CCCCCCCCC(=O)OC[C@H](COC(=O)CCCCCCCCCCCCCCCC(C)C)OC(=O)CCCCCCCCCCCC(C)C. The molecule has 0 aromatic rings. The lowest BCUT2D eigenvalue weighted by Gasteiger charge is -2.18. The molecule has 0 aromatic carbocycles. The van der Waals surface area contributed by atoms with Gasteiger partial charge in [-0.1, -0.05) is 228 Å². The molecule has 56 heavy (non-hydrogen) atoms. The number of carbonyl (C=O) groups excluding carboxylic acids is 3. The maximum atomic E-state index is 12.7. The van der Waals surface area contributed by atoms with Crippen LogP contribution < -0.4 is 0 Å². The van der Waals surface area contributed by atoms with E-state index in [4.69, 9.17) is 14.2 Å². The van der Waals surface area contributed by atoms with E-state index in [0.29, 0.717) is 19.3 Å². The number of hydrogen-bond acceptors (Lipinski definition) is 6. The van der Waals surface area contributed by atoms with E-state index in [1.165, 1.54) is 148 Å². The van der Waals surface area contributed by atoms with Gasteiger partial charge in [-0.25, -0.2) is 0 Å². The first-order chi connectivity index (χ1) is 27.1.